The summed E-state index contributed by atoms with van der Waals surface area (Å²) in [5, 5.41) is 18.0. The second kappa shape index (κ2) is 6.65. The van der Waals surface area contributed by atoms with Crippen LogP contribution in [0, 0.1) is 0 Å². The third-order valence-corrected chi connectivity index (χ3v) is 3.65. The molecule has 0 heterocycles. The average molecular weight is 321 g/mol. The van der Waals surface area contributed by atoms with Crippen LogP contribution in [0.1, 0.15) is 58.2 Å². The zero-order chi connectivity index (χ0) is 17.1. The van der Waals surface area contributed by atoms with Crippen LogP contribution in [0.15, 0.2) is 17.2 Å². The number of nitrogens with one attached hydrogen (secondary N) is 2. The Kier molecular flexibility index (Phi) is 5.57. The van der Waals surface area contributed by atoms with E-state index in [0.29, 0.717) is 10.9 Å². The molecule has 0 amide bonds. The van der Waals surface area contributed by atoms with Gasteiger partial charge in [0.2, 0.25) is 0 Å². The highest BCUT2D eigenvalue weighted by Gasteiger charge is 2.26. The van der Waals surface area contributed by atoms with Crippen LogP contribution in [0.2, 0.25) is 0 Å². The number of benzene rings is 1. The van der Waals surface area contributed by atoms with Crippen LogP contribution in [-0.4, -0.2) is 23.5 Å². The van der Waals surface area contributed by atoms with Gasteiger partial charge in [-0.2, -0.15) is 5.10 Å². The van der Waals surface area contributed by atoms with Gasteiger partial charge in [0.1, 0.15) is 5.75 Å². The summed E-state index contributed by atoms with van der Waals surface area (Å²) in [7, 11) is 1.74. The molecule has 1 aromatic rings. The van der Waals surface area contributed by atoms with Gasteiger partial charge in [-0.3, -0.25) is 5.43 Å². The Morgan fingerprint density at radius 2 is 1.55 bits per heavy atom. The van der Waals surface area contributed by atoms with Crippen LogP contribution in [-0.2, 0) is 10.8 Å². The van der Waals surface area contributed by atoms with Crippen molar-refractivity contribution in [3.63, 3.8) is 0 Å². The summed E-state index contributed by atoms with van der Waals surface area (Å²) in [6.07, 6.45) is 1.72. The van der Waals surface area contributed by atoms with E-state index < -0.39 is 0 Å². The molecule has 0 saturated heterocycles. The predicted molar refractivity (Wildman–Crippen MR) is 97.9 cm³/mol. The van der Waals surface area contributed by atoms with Crippen molar-refractivity contribution in [3.05, 3.63) is 28.8 Å². The lowest BCUT2D eigenvalue weighted by atomic mass is 9.78. The lowest BCUT2D eigenvalue weighted by molar-refractivity contribution is 0.423. The fourth-order valence-corrected chi connectivity index (χ4v) is 2.15. The standard InChI is InChI=1S/C17H27N3OS/c1-16(2,3)12-8-11(10-19-20-15(22)18-7)9-13(14(12)21)17(4,5)6/h8-10,21H,1-7H3,(H2,18,20,22)/b19-10+. The molecular formula is C17H27N3OS. The second-order valence-electron chi connectivity index (χ2n) is 7.41. The fourth-order valence-electron chi connectivity index (χ4n) is 2.10. The molecule has 22 heavy (non-hydrogen) atoms. The minimum atomic E-state index is -0.151. The molecule has 1 aromatic carbocycles. The zero-order valence-corrected chi connectivity index (χ0v) is 15.4. The Morgan fingerprint density at radius 1 is 1.09 bits per heavy atom. The lowest BCUT2D eigenvalue weighted by Gasteiger charge is -2.27. The highest BCUT2D eigenvalue weighted by Crippen LogP contribution is 2.39. The smallest absolute Gasteiger partial charge is 0.186 e. The number of phenols is 1. The number of nitrogens with zero attached hydrogens (tertiary/aromatic N) is 1. The van der Waals surface area contributed by atoms with E-state index in [4.69, 9.17) is 12.2 Å². The molecule has 0 aromatic heterocycles. The number of rotatable bonds is 2. The van der Waals surface area contributed by atoms with Crippen LogP contribution in [0.3, 0.4) is 0 Å². The first kappa shape index (κ1) is 18.4. The molecule has 0 spiro atoms. The number of phenolic OH excluding ortho intramolecular Hbond substituents is 1. The molecular weight excluding hydrogens is 294 g/mol. The average Bonchev–Trinajstić information content (AvgIpc) is 2.37. The molecule has 0 aliphatic heterocycles. The van der Waals surface area contributed by atoms with Crippen molar-refractivity contribution in [2.75, 3.05) is 7.05 Å². The van der Waals surface area contributed by atoms with Gasteiger partial charge in [-0.05, 0) is 40.7 Å². The molecule has 3 N–H and O–H groups in total. The van der Waals surface area contributed by atoms with Gasteiger partial charge in [-0.1, -0.05) is 41.5 Å². The maximum absolute atomic E-state index is 10.6. The summed E-state index contributed by atoms with van der Waals surface area (Å²) in [5.74, 6) is 0.371. The van der Waals surface area contributed by atoms with E-state index >= 15 is 0 Å². The molecule has 0 atom stereocenters. The van der Waals surface area contributed by atoms with Crippen LogP contribution >= 0.6 is 12.2 Å². The minimum absolute atomic E-state index is 0.151. The molecule has 122 valence electrons. The van der Waals surface area contributed by atoms with Crippen LogP contribution < -0.4 is 10.7 Å². The van der Waals surface area contributed by atoms with Crippen molar-refractivity contribution in [2.45, 2.75) is 52.4 Å². The van der Waals surface area contributed by atoms with E-state index in [1.54, 1.807) is 13.3 Å². The maximum Gasteiger partial charge on any atom is 0.186 e. The topological polar surface area (TPSA) is 56.7 Å². The normalized spacial score (nSPS) is 12.5. The van der Waals surface area contributed by atoms with Crippen LogP contribution in [0.25, 0.3) is 0 Å². The summed E-state index contributed by atoms with van der Waals surface area (Å²) >= 11 is 4.99. The first-order chi connectivity index (χ1) is 9.96. The minimum Gasteiger partial charge on any atom is -0.507 e. The first-order valence-corrected chi connectivity index (χ1v) is 7.76. The first-order valence-electron chi connectivity index (χ1n) is 7.35. The highest BCUT2D eigenvalue weighted by atomic mass is 32.1. The summed E-state index contributed by atoms with van der Waals surface area (Å²) in [6.45, 7) is 12.5. The highest BCUT2D eigenvalue weighted by molar-refractivity contribution is 7.80. The Bertz CT molecular complexity index is 546. The van der Waals surface area contributed by atoms with Crippen molar-refractivity contribution in [1.29, 1.82) is 0 Å². The molecule has 0 fully saturated rings. The number of hydrogen-bond donors (Lipinski definition) is 3. The van der Waals surface area contributed by atoms with Gasteiger partial charge in [-0.25, -0.2) is 0 Å². The molecule has 0 radical (unpaired) electrons. The predicted octanol–water partition coefficient (Wildman–Crippen LogP) is 3.42. The van der Waals surface area contributed by atoms with E-state index in [1.807, 2.05) is 12.1 Å². The van der Waals surface area contributed by atoms with E-state index in [0.717, 1.165) is 16.7 Å². The van der Waals surface area contributed by atoms with Crippen molar-refractivity contribution in [2.24, 2.45) is 5.10 Å². The fraction of sp³-hybridized carbons (Fsp3) is 0.529. The Balaban J connectivity index is 3.33. The number of aromatic hydroxyl groups is 1. The second-order valence-corrected chi connectivity index (χ2v) is 7.82. The van der Waals surface area contributed by atoms with Gasteiger partial charge in [0, 0.05) is 18.2 Å². The SMILES string of the molecule is CNC(=S)N/N=C/c1cc(C(C)(C)C)c(O)c(C(C)(C)C)c1. The Labute approximate surface area is 139 Å². The Hall–Kier alpha value is -1.62. The number of hydrazone groups is 1. The molecule has 0 aliphatic carbocycles. The van der Waals surface area contributed by atoms with E-state index in [1.165, 1.54) is 0 Å². The monoisotopic (exact) mass is 321 g/mol. The lowest BCUT2D eigenvalue weighted by Crippen LogP contribution is -2.28. The summed E-state index contributed by atoms with van der Waals surface area (Å²) in [6, 6.07) is 3.94. The summed E-state index contributed by atoms with van der Waals surface area (Å²) in [4.78, 5) is 0. The van der Waals surface area contributed by atoms with Gasteiger partial charge < -0.3 is 10.4 Å². The largest absolute Gasteiger partial charge is 0.507 e. The van der Waals surface area contributed by atoms with Crippen LogP contribution in [0.4, 0.5) is 0 Å². The molecule has 4 nitrogen and oxygen atoms in total. The number of hydrogen-bond acceptors (Lipinski definition) is 3. The van der Waals surface area contributed by atoms with Crippen molar-refractivity contribution in [1.82, 2.24) is 10.7 Å². The molecule has 0 bridgehead atoms. The van der Waals surface area contributed by atoms with Crippen molar-refractivity contribution < 1.29 is 5.11 Å². The zero-order valence-electron chi connectivity index (χ0n) is 14.5. The number of thiocarbonyl (C=S) groups is 1. The molecule has 0 saturated carbocycles. The maximum atomic E-state index is 10.6. The van der Waals surface area contributed by atoms with Gasteiger partial charge in [0.25, 0.3) is 0 Å². The molecule has 0 aliphatic rings. The molecule has 0 unspecified atom stereocenters. The Morgan fingerprint density at radius 3 is 1.91 bits per heavy atom. The van der Waals surface area contributed by atoms with E-state index in [-0.39, 0.29) is 10.8 Å². The van der Waals surface area contributed by atoms with E-state index in [9.17, 15) is 5.11 Å². The van der Waals surface area contributed by atoms with Gasteiger partial charge >= 0.3 is 0 Å². The third-order valence-electron chi connectivity index (χ3n) is 3.36. The molecule has 1 rings (SSSR count). The quantitative estimate of drug-likeness (QED) is 0.444. The van der Waals surface area contributed by atoms with E-state index in [2.05, 4.69) is 57.4 Å². The van der Waals surface area contributed by atoms with Gasteiger partial charge in [-0.15, -0.1) is 0 Å². The third kappa shape index (κ3) is 4.70. The van der Waals surface area contributed by atoms with Crippen molar-refractivity contribution >= 4 is 23.5 Å². The van der Waals surface area contributed by atoms with Crippen molar-refractivity contribution in [3.8, 4) is 5.75 Å². The summed E-state index contributed by atoms with van der Waals surface area (Å²) < 4.78 is 0. The van der Waals surface area contributed by atoms with Gasteiger partial charge in [0.05, 0.1) is 6.21 Å². The van der Waals surface area contributed by atoms with Crippen LogP contribution in [0.5, 0.6) is 5.75 Å². The summed E-state index contributed by atoms with van der Waals surface area (Å²) in [5.41, 5.74) is 5.20. The molecule has 5 heteroatoms. The van der Waals surface area contributed by atoms with Gasteiger partial charge in [0.15, 0.2) is 5.11 Å².